The van der Waals surface area contributed by atoms with E-state index in [-0.39, 0.29) is 5.22 Å². The summed E-state index contributed by atoms with van der Waals surface area (Å²) in [6.45, 7) is 3.67. The molecule has 14 heavy (non-hydrogen) atoms. The fraction of sp³-hybridized carbons (Fsp3) is 0.0909. The van der Waals surface area contributed by atoms with Gasteiger partial charge in [-0.05, 0) is 29.7 Å². The van der Waals surface area contributed by atoms with Crippen molar-refractivity contribution in [2.24, 2.45) is 0 Å². The van der Waals surface area contributed by atoms with Crippen molar-refractivity contribution in [1.82, 2.24) is 0 Å². The molecule has 0 saturated heterocycles. The summed E-state index contributed by atoms with van der Waals surface area (Å²) in [5.41, 5.74) is 2.21. The molecule has 1 nitrogen and oxygen atoms in total. The predicted molar refractivity (Wildman–Crippen MR) is 60.8 cm³/mol. The monoisotopic (exact) mass is 228 g/mol. The van der Waals surface area contributed by atoms with Gasteiger partial charge in [-0.1, -0.05) is 35.9 Å². The van der Waals surface area contributed by atoms with Crippen LogP contribution < -0.4 is 4.74 Å². The number of allylic oxidation sites excluding steroid dienone is 1. The lowest BCUT2D eigenvalue weighted by Gasteiger charge is -2.07. The second kappa shape index (κ2) is 5.74. The van der Waals surface area contributed by atoms with Crippen molar-refractivity contribution >= 4 is 23.2 Å². The van der Waals surface area contributed by atoms with Crippen LogP contribution in [0.3, 0.4) is 0 Å². The molecule has 0 bridgehead atoms. The van der Waals surface area contributed by atoms with Gasteiger partial charge >= 0.3 is 0 Å². The predicted octanol–water partition coefficient (Wildman–Crippen LogP) is 4.07. The summed E-state index contributed by atoms with van der Waals surface area (Å²) in [7, 11) is 0. The molecule has 0 heterocycles. The average molecular weight is 229 g/mol. The highest BCUT2D eigenvalue weighted by atomic mass is 35.5. The fourth-order valence-corrected chi connectivity index (χ4v) is 1.18. The highest BCUT2D eigenvalue weighted by Crippen LogP contribution is 2.22. The molecule has 1 rings (SSSR count). The molecule has 3 heteroatoms. The van der Waals surface area contributed by atoms with Crippen LogP contribution in [0.25, 0.3) is 0 Å². The Bertz CT molecular complexity index is 345. The highest BCUT2D eigenvalue weighted by Gasteiger charge is 2.02. The molecule has 1 aromatic carbocycles. The van der Waals surface area contributed by atoms with Gasteiger partial charge in [0.05, 0.1) is 5.54 Å². The zero-order chi connectivity index (χ0) is 10.4. The van der Waals surface area contributed by atoms with Crippen LogP contribution in [0.1, 0.15) is 5.56 Å². The Hall–Kier alpha value is -0.920. The minimum Gasteiger partial charge on any atom is -0.444 e. The summed E-state index contributed by atoms with van der Waals surface area (Å²) < 4.78 is 5.29. The smallest absolute Gasteiger partial charge is 0.205 e. The Kier molecular flexibility index (Phi) is 4.57. The molecule has 0 amide bonds. The molecule has 0 spiro atoms. The largest absolute Gasteiger partial charge is 0.444 e. The van der Waals surface area contributed by atoms with Crippen molar-refractivity contribution in [3.63, 3.8) is 0 Å². The molecule has 74 valence electrons. The van der Waals surface area contributed by atoms with Crippen LogP contribution in [0.4, 0.5) is 0 Å². The maximum absolute atomic E-state index is 5.65. The molecule has 1 aromatic rings. The number of benzene rings is 1. The van der Waals surface area contributed by atoms with Crippen molar-refractivity contribution in [2.75, 3.05) is 0 Å². The second-order valence-electron chi connectivity index (χ2n) is 2.62. The first kappa shape index (κ1) is 11.2. The SMILES string of the molecule is C=CCc1ccccc1O/C(Cl)=C/Cl. The standard InChI is InChI=1S/C11H10Cl2O/c1-2-5-9-6-3-4-7-10(9)14-11(13)8-12/h2-4,6-8H,1,5H2/b11-8+. The van der Waals surface area contributed by atoms with Crippen LogP contribution in [0.5, 0.6) is 5.75 Å². The van der Waals surface area contributed by atoms with Crippen molar-refractivity contribution in [1.29, 1.82) is 0 Å². The number of halogens is 2. The van der Waals surface area contributed by atoms with Crippen molar-refractivity contribution in [2.45, 2.75) is 6.42 Å². The van der Waals surface area contributed by atoms with E-state index >= 15 is 0 Å². The zero-order valence-electron chi connectivity index (χ0n) is 7.54. The Morgan fingerprint density at radius 2 is 2.14 bits per heavy atom. The molecular formula is C11H10Cl2O. The molecular weight excluding hydrogens is 219 g/mol. The molecule has 0 aliphatic rings. The summed E-state index contributed by atoms with van der Waals surface area (Å²) in [4.78, 5) is 0. The van der Waals surface area contributed by atoms with E-state index in [1.807, 2.05) is 24.3 Å². The van der Waals surface area contributed by atoms with E-state index in [4.69, 9.17) is 27.9 Å². The minimum atomic E-state index is 0.156. The van der Waals surface area contributed by atoms with E-state index in [1.54, 1.807) is 6.08 Å². The number of hydrogen-bond donors (Lipinski definition) is 0. The van der Waals surface area contributed by atoms with Crippen LogP contribution >= 0.6 is 23.2 Å². The molecule has 0 aliphatic carbocycles. The van der Waals surface area contributed by atoms with E-state index in [1.165, 1.54) is 5.54 Å². The quantitative estimate of drug-likeness (QED) is 0.558. The van der Waals surface area contributed by atoms with Crippen molar-refractivity contribution < 1.29 is 4.74 Å². The molecule has 0 atom stereocenters. The van der Waals surface area contributed by atoms with Crippen LogP contribution in [-0.2, 0) is 6.42 Å². The summed E-state index contributed by atoms with van der Waals surface area (Å²) in [5, 5.41) is 0.156. The number of hydrogen-bond acceptors (Lipinski definition) is 1. The van der Waals surface area contributed by atoms with Crippen LogP contribution in [0.2, 0.25) is 0 Å². The molecule has 0 saturated carbocycles. The summed E-state index contributed by atoms with van der Waals surface area (Å²) in [6.07, 6.45) is 2.54. The van der Waals surface area contributed by atoms with E-state index in [9.17, 15) is 0 Å². The second-order valence-corrected chi connectivity index (χ2v) is 3.21. The lowest BCUT2D eigenvalue weighted by Crippen LogP contribution is -1.92. The van der Waals surface area contributed by atoms with Crippen molar-refractivity contribution in [3.8, 4) is 5.75 Å². The van der Waals surface area contributed by atoms with Gasteiger partial charge in [-0.3, -0.25) is 0 Å². The molecule has 0 N–H and O–H groups in total. The number of ether oxygens (including phenoxy) is 1. The van der Waals surface area contributed by atoms with Gasteiger partial charge in [-0.25, -0.2) is 0 Å². The molecule has 0 aliphatic heterocycles. The molecule has 0 radical (unpaired) electrons. The van der Waals surface area contributed by atoms with Gasteiger partial charge in [0.1, 0.15) is 5.75 Å². The molecule has 0 fully saturated rings. The third kappa shape index (κ3) is 3.09. The lowest BCUT2D eigenvalue weighted by molar-refractivity contribution is 0.459. The summed E-state index contributed by atoms with van der Waals surface area (Å²) >= 11 is 11.0. The van der Waals surface area contributed by atoms with E-state index in [0.717, 1.165) is 12.0 Å². The highest BCUT2D eigenvalue weighted by molar-refractivity contribution is 6.35. The molecule has 0 unspecified atom stereocenters. The third-order valence-electron chi connectivity index (χ3n) is 1.63. The topological polar surface area (TPSA) is 9.23 Å². The first-order chi connectivity index (χ1) is 6.77. The Morgan fingerprint density at radius 1 is 1.43 bits per heavy atom. The zero-order valence-corrected chi connectivity index (χ0v) is 9.05. The fourth-order valence-electron chi connectivity index (χ4n) is 1.05. The van der Waals surface area contributed by atoms with Gasteiger partial charge in [0.2, 0.25) is 5.22 Å². The Morgan fingerprint density at radius 3 is 2.79 bits per heavy atom. The normalized spacial score (nSPS) is 11.1. The van der Waals surface area contributed by atoms with Crippen molar-refractivity contribution in [3.05, 3.63) is 53.2 Å². The van der Waals surface area contributed by atoms with Crippen LogP contribution in [0.15, 0.2) is 47.7 Å². The maximum Gasteiger partial charge on any atom is 0.205 e. The van der Waals surface area contributed by atoms with Gasteiger partial charge < -0.3 is 4.74 Å². The minimum absolute atomic E-state index is 0.156. The van der Waals surface area contributed by atoms with Gasteiger partial charge in [0, 0.05) is 0 Å². The number of para-hydroxylation sites is 1. The van der Waals surface area contributed by atoms with Crippen LogP contribution in [-0.4, -0.2) is 0 Å². The third-order valence-corrected chi connectivity index (χ3v) is 2.13. The van der Waals surface area contributed by atoms with E-state index < -0.39 is 0 Å². The average Bonchev–Trinajstić information content (AvgIpc) is 2.21. The first-order valence-electron chi connectivity index (χ1n) is 4.10. The van der Waals surface area contributed by atoms with Gasteiger partial charge in [-0.2, -0.15) is 0 Å². The van der Waals surface area contributed by atoms with Gasteiger partial charge in [0.15, 0.2) is 0 Å². The lowest BCUT2D eigenvalue weighted by atomic mass is 10.1. The summed E-state index contributed by atoms with van der Waals surface area (Å²) in [5.74, 6) is 0.703. The van der Waals surface area contributed by atoms with Crippen LogP contribution in [0, 0.1) is 0 Å². The maximum atomic E-state index is 5.65. The van der Waals surface area contributed by atoms with E-state index in [2.05, 4.69) is 6.58 Å². The Balaban J connectivity index is 2.89. The summed E-state index contributed by atoms with van der Waals surface area (Å²) in [6, 6.07) is 7.60. The van der Waals surface area contributed by atoms with Gasteiger partial charge in [0.25, 0.3) is 0 Å². The molecule has 0 aromatic heterocycles. The van der Waals surface area contributed by atoms with Gasteiger partial charge in [-0.15, -0.1) is 6.58 Å². The first-order valence-corrected chi connectivity index (χ1v) is 4.92. The number of rotatable bonds is 4. The van der Waals surface area contributed by atoms with E-state index in [0.29, 0.717) is 5.75 Å². The Labute approximate surface area is 93.6 Å².